The van der Waals surface area contributed by atoms with Gasteiger partial charge in [-0.15, -0.1) is 0 Å². The number of hydrogen-bond acceptors (Lipinski definition) is 2. The zero-order chi connectivity index (χ0) is 10.9. The molecule has 1 atom stereocenters. The Morgan fingerprint density at radius 3 is 2.43 bits per heavy atom. The van der Waals surface area contributed by atoms with Gasteiger partial charge in [-0.3, -0.25) is 0 Å². The first-order chi connectivity index (χ1) is 6.45. The number of aliphatic hydroxyl groups is 1. The second-order valence-corrected chi connectivity index (χ2v) is 3.60. The molecule has 0 unspecified atom stereocenters. The molecule has 0 amide bonds. The van der Waals surface area contributed by atoms with Gasteiger partial charge in [0.2, 0.25) is 0 Å². The second-order valence-electron chi connectivity index (χ2n) is 2.84. The molecule has 1 aromatic rings. The van der Waals surface area contributed by atoms with Crippen molar-refractivity contribution in [1.29, 1.82) is 0 Å². The van der Waals surface area contributed by atoms with Crippen molar-refractivity contribution in [3.8, 4) is 0 Å². The molecule has 3 nitrogen and oxygen atoms in total. The lowest BCUT2D eigenvalue weighted by Crippen LogP contribution is -2.11. The van der Waals surface area contributed by atoms with Gasteiger partial charge in [-0.1, -0.05) is 35.3 Å². The van der Waals surface area contributed by atoms with Crippen LogP contribution < -0.4 is 0 Å². The van der Waals surface area contributed by atoms with Crippen molar-refractivity contribution >= 4 is 29.2 Å². The van der Waals surface area contributed by atoms with Crippen LogP contribution in [0, 0.1) is 6.92 Å². The van der Waals surface area contributed by atoms with Crippen LogP contribution in [0.15, 0.2) is 12.1 Å². The van der Waals surface area contributed by atoms with Crippen molar-refractivity contribution in [2.24, 2.45) is 0 Å². The third-order valence-electron chi connectivity index (χ3n) is 1.83. The monoisotopic (exact) mass is 234 g/mol. The van der Waals surface area contributed by atoms with E-state index < -0.39 is 12.1 Å². The van der Waals surface area contributed by atoms with Gasteiger partial charge in [0.1, 0.15) is 0 Å². The summed E-state index contributed by atoms with van der Waals surface area (Å²) in [5.74, 6) is -1.35. The normalized spacial score (nSPS) is 12.6. The fourth-order valence-corrected chi connectivity index (χ4v) is 1.49. The van der Waals surface area contributed by atoms with Gasteiger partial charge in [0.15, 0.2) is 6.10 Å². The number of carboxylic acids is 1. The molecule has 0 spiro atoms. The largest absolute Gasteiger partial charge is 0.479 e. The lowest BCUT2D eigenvalue weighted by Gasteiger charge is -2.10. The van der Waals surface area contributed by atoms with E-state index >= 15 is 0 Å². The Morgan fingerprint density at radius 2 is 1.93 bits per heavy atom. The molecule has 0 saturated heterocycles. The van der Waals surface area contributed by atoms with Crippen LogP contribution in [0.5, 0.6) is 0 Å². The molecular weight excluding hydrogens is 227 g/mol. The third-order valence-corrected chi connectivity index (χ3v) is 2.82. The van der Waals surface area contributed by atoms with E-state index in [0.717, 1.165) is 5.56 Å². The van der Waals surface area contributed by atoms with Crippen molar-refractivity contribution in [3.05, 3.63) is 33.3 Å². The fraction of sp³-hybridized carbons (Fsp3) is 0.222. The average molecular weight is 235 g/mol. The van der Waals surface area contributed by atoms with E-state index in [1.165, 1.54) is 6.07 Å². The highest BCUT2D eigenvalue weighted by Gasteiger charge is 2.20. The maximum atomic E-state index is 10.5. The van der Waals surface area contributed by atoms with E-state index in [4.69, 9.17) is 28.3 Å². The van der Waals surface area contributed by atoms with Crippen LogP contribution in [0.2, 0.25) is 10.0 Å². The summed E-state index contributed by atoms with van der Waals surface area (Å²) in [6.45, 7) is 1.74. The highest BCUT2D eigenvalue weighted by Crippen LogP contribution is 2.32. The van der Waals surface area contributed by atoms with E-state index in [2.05, 4.69) is 0 Å². The van der Waals surface area contributed by atoms with Gasteiger partial charge >= 0.3 is 5.97 Å². The summed E-state index contributed by atoms with van der Waals surface area (Å²) in [7, 11) is 0. The average Bonchev–Trinajstić information content (AvgIpc) is 2.13. The Labute approximate surface area is 90.9 Å². The molecule has 1 aromatic carbocycles. The Balaban J connectivity index is 3.24. The minimum atomic E-state index is -1.64. The van der Waals surface area contributed by atoms with E-state index in [0.29, 0.717) is 0 Å². The minimum Gasteiger partial charge on any atom is -0.479 e. The molecule has 0 saturated carbocycles. The molecule has 76 valence electrons. The SMILES string of the molecule is Cc1ccc([C@@H](O)C(=O)O)c(Cl)c1Cl. The molecule has 1 rings (SSSR count). The van der Waals surface area contributed by atoms with Gasteiger partial charge in [-0.25, -0.2) is 4.79 Å². The molecule has 0 radical (unpaired) electrons. The van der Waals surface area contributed by atoms with Crippen molar-refractivity contribution in [2.45, 2.75) is 13.0 Å². The first kappa shape index (κ1) is 11.3. The maximum absolute atomic E-state index is 10.5. The number of aliphatic hydroxyl groups excluding tert-OH is 1. The van der Waals surface area contributed by atoms with Crippen molar-refractivity contribution in [2.75, 3.05) is 0 Å². The number of aliphatic carboxylic acids is 1. The summed E-state index contributed by atoms with van der Waals surface area (Å²) in [5.41, 5.74) is 0.841. The predicted octanol–water partition coefficient (Wildman–Crippen LogP) is 2.42. The Morgan fingerprint density at radius 1 is 1.36 bits per heavy atom. The number of rotatable bonds is 2. The van der Waals surface area contributed by atoms with Gasteiger partial charge < -0.3 is 10.2 Å². The topological polar surface area (TPSA) is 57.5 Å². The number of aryl methyl sites for hydroxylation is 1. The summed E-state index contributed by atoms with van der Waals surface area (Å²) in [6.07, 6.45) is -1.64. The molecule has 0 bridgehead atoms. The summed E-state index contributed by atoms with van der Waals surface area (Å²) in [6, 6.07) is 3.05. The predicted molar refractivity (Wildman–Crippen MR) is 53.8 cm³/mol. The molecule has 0 fully saturated rings. The van der Waals surface area contributed by atoms with Gasteiger partial charge in [0, 0.05) is 5.56 Å². The van der Waals surface area contributed by atoms with Crippen LogP contribution in [0.1, 0.15) is 17.2 Å². The second kappa shape index (κ2) is 4.17. The number of carboxylic acid groups (broad SMARTS) is 1. The first-order valence-corrected chi connectivity index (χ1v) is 4.56. The molecular formula is C9H8Cl2O3. The quantitative estimate of drug-likeness (QED) is 0.827. The van der Waals surface area contributed by atoms with Crippen LogP contribution in [0.25, 0.3) is 0 Å². The molecule has 0 heterocycles. The minimum absolute atomic E-state index is 0.0848. The van der Waals surface area contributed by atoms with Gasteiger partial charge in [-0.05, 0) is 12.5 Å². The van der Waals surface area contributed by atoms with Crippen molar-refractivity contribution < 1.29 is 15.0 Å². The van der Waals surface area contributed by atoms with Crippen LogP contribution in [0.4, 0.5) is 0 Å². The summed E-state index contributed by atoms with van der Waals surface area (Å²) in [5, 5.41) is 18.2. The number of carbonyl (C=O) groups is 1. The lowest BCUT2D eigenvalue weighted by molar-refractivity contribution is -0.146. The third kappa shape index (κ3) is 2.00. The van der Waals surface area contributed by atoms with Crippen LogP contribution in [0.3, 0.4) is 0 Å². The number of hydrogen-bond donors (Lipinski definition) is 2. The van der Waals surface area contributed by atoms with Crippen LogP contribution in [-0.2, 0) is 4.79 Å². The van der Waals surface area contributed by atoms with Crippen LogP contribution >= 0.6 is 23.2 Å². The Bertz CT molecular complexity index is 377. The van der Waals surface area contributed by atoms with Crippen molar-refractivity contribution in [1.82, 2.24) is 0 Å². The Kier molecular flexibility index (Phi) is 3.37. The molecule has 2 N–H and O–H groups in total. The smallest absolute Gasteiger partial charge is 0.337 e. The standard InChI is InChI=1S/C9H8Cl2O3/c1-4-2-3-5(7(11)6(4)10)8(12)9(13)14/h2-3,8,12H,1H3,(H,13,14)/t8-/m1/s1. The molecule has 0 aliphatic heterocycles. The lowest BCUT2D eigenvalue weighted by atomic mass is 10.1. The van der Waals surface area contributed by atoms with E-state index in [1.807, 2.05) is 0 Å². The van der Waals surface area contributed by atoms with E-state index in [9.17, 15) is 9.90 Å². The van der Waals surface area contributed by atoms with E-state index in [-0.39, 0.29) is 15.6 Å². The van der Waals surface area contributed by atoms with Gasteiger partial charge in [-0.2, -0.15) is 0 Å². The summed E-state index contributed by atoms with van der Waals surface area (Å²) >= 11 is 11.6. The maximum Gasteiger partial charge on any atom is 0.337 e. The number of halogens is 2. The van der Waals surface area contributed by atoms with Crippen LogP contribution in [-0.4, -0.2) is 16.2 Å². The summed E-state index contributed by atoms with van der Waals surface area (Å²) in [4.78, 5) is 10.5. The molecule has 0 aliphatic rings. The van der Waals surface area contributed by atoms with E-state index in [1.54, 1.807) is 13.0 Å². The molecule has 0 aliphatic carbocycles. The fourth-order valence-electron chi connectivity index (χ4n) is 1.01. The molecule has 5 heteroatoms. The zero-order valence-electron chi connectivity index (χ0n) is 7.29. The summed E-state index contributed by atoms with van der Waals surface area (Å²) < 4.78 is 0. The Hall–Kier alpha value is -0.770. The molecule has 0 aromatic heterocycles. The highest BCUT2D eigenvalue weighted by atomic mass is 35.5. The molecule has 14 heavy (non-hydrogen) atoms. The highest BCUT2D eigenvalue weighted by molar-refractivity contribution is 6.43. The number of benzene rings is 1. The van der Waals surface area contributed by atoms with Gasteiger partial charge in [0.25, 0.3) is 0 Å². The van der Waals surface area contributed by atoms with Gasteiger partial charge in [0.05, 0.1) is 10.0 Å². The van der Waals surface area contributed by atoms with Crippen molar-refractivity contribution in [3.63, 3.8) is 0 Å². The zero-order valence-corrected chi connectivity index (χ0v) is 8.80. The first-order valence-electron chi connectivity index (χ1n) is 3.80.